The molecule has 0 saturated heterocycles. The van der Waals surface area contributed by atoms with Crippen molar-refractivity contribution in [2.75, 3.05) is 0 Å². The van der Waals surface area contributed by atoms with Gasteiger partial charge in [0.05, 0.1) is 0 Å². The second kappa shape index (κ2) is 9.19. The summed E-state index contributed by atoms with van der Waals surface area (Å²) in [5.41, 5.74) is 7.10. The monoisotopic (exact) mass is 431 g/mol. The van der Waals surface area contributed by atoms with Crippen LogP contribution < -0.4 is 0 Å². The Bertz CT molecular complexity index is 1390. The third-order valence-electron chi connectivity index (χ3n) is 6.34. The topological polar surface area (TPSA) is 23.9 Å². The molecule has 0 fully saturated rings. The summed E-state index contributed by atoms with van der Waals surface area (Å²) in [6, 6.07) is 23.7. The molecule has 1 N–H and O–H groups in total. The maximum absolute atomic E-state index is 8.53. The summed E-state index contributed by atoms with van der Waals surface area (Å²) in [5, 5.41) is 13.4. The van der Waals surface area contributed by atoms with Crippen LogP contribution in [0.15, 0.2) is 78.9 Å². The molecule has 0 radical (unpaired) electrons. The van der Waals surface area contributed by atoms with Crippen LogP contribution in [0.5, 0.6) is 0 Å². The molecule has 0 bridgehead atoms. The van der Waals surface area contributed by atoms with E-state index in [0.717, 1.165) is 23.1 Å². The summed E-state index contributed by atoms with van der Waals surface area (Å²) in [6.45, 7) is 11.0. The van der Waals surface area contributed by atoms with Crippen molar-refractivity contribution in [1.29, 1.82) is 5.41 Å². The molecule has 0 atom stereocenters. The normalized spacial score (nSPS) is 12.7. The van der Waals surface area contributed by atoms with E-state index in [1.165, 1.54) is 38.2 Å². The van der Waals surface area contributed by atoms with Crippen molar-refractivity contribution in [3.8, 4) is 11.1 Å². The molecule has 0 amide bonds. The number of fused-ring (bicyclic) bond motifs is 2. The second-order valence-corrected chi connectivity index (χ2v) is 9.93. The van der Waals surface area contributed by atoms with Gasteiger partial charge < -0.3 is 5.41 Å². The minimum atomic E-state index is 0.215. The first-order valence-electron chi connectivity index (χ1n) is 11.7. The lowest BCUT2D eigenvalue weighted by atomic mass is 9.82. The van der Waals surface area contributed by atoms with Crippen LogP contribution >= 0.6 is 0 Å². The Morgan fingerprint density at radius 3 is 2.12 bits per heavy atom. The molecule has 0 spiro atoms. The maximum atomic E-state index is 8.53. The van der Waals surface area contributed by atoms with E-state index in [4.69, 9.17) is 5.41 Å². The molecule has 0 unspecified atom stereocenters. The van der Waals surface area contributed by atoms with E-state index >= 15 is 0 Å². The molecule has 0 aliphatic rings. The van der Waals surface area contributed by atoms with Crippen LogP contribution in [0.4, 0.5) is 0 Å². The Labute approximate surface area is 198 Å². The first-order valence-corrected chi connectivity index (χ1v) is 11.7. The minimum Gasteiger partial charge on any atom is -0.308 e. The fourth-order valence-corrected chi connectivity index (χ4v) is 4.63. The Morgan fingerprint density at radius 1 is 0.818 bits per heavy atom. The van der Waals surface area contributed by atoms with E-state index in [9.17, 15) is 0 Å². The Kier molecular flexibility index (Phi) is 6.33. The molecule has 1 nitrogen and oxygen atoms in total. The van der Waals surface area contributed by atoms with Crippen LogP contribution in [0.3, 0.4) is 0 Å². The SMILES string of the molecule is C/C=C(/C)c1c(/C=C\CC(C)(C)C)c(C=N)c(-c2cccc3ccccc23)c2ccccc12. The largest absolute Gasteiger partial charge is 0.308 e. The van der Waals surface area contributed by atoms with E-state index in [1.54, 1.807) is 6.21 Å². The summed E-state index contributed by atoms with van der Waals surface area (Å²) >= 11 is 0. The summed E-state index contributed by atoms with van der Waals surface area (Å²) in [5.74, 6) is 0. The van der Waals surface area contributed by atoms with Crippen LogP contribution in [-0.4, -0.2) is 6.21 Å². The van der Waals surface area contributed by atoms with Gasteiger partial charge >= 0.3 is 0 Å². The summed E-state index contributed by atoms with van der Waals surface area (Å²) in [6.07, 6.45) is 9.22. The van der Waals surface area contributed by atoms with Gasteiger partial charge in [-0.3, -0.25) is 0 Å². The summed E-state index contributed by atoms with van der Waals surface area (Å²) in [7, 11) is 0. The van der Waals surface area contributed by atoms with Crippen LogP contribution in [0.2, 0.25) is 0 Å². The van der Waals surface area contributed by atoms with Crippen molar-refractivity contribution in [2.45, 2.75) is 41.0 Å². The van der Waals surface area contributed by atoms with Gasteiger partial charge in [0.2, 0.25) is 0 Å². The number of rotatable bonds is 5. The second-order valence-electron chi connectivity index (χ2n) is 9.93. The number of hydrogen-bond acceptors (Lipinski definition) is 1. The molecule has 0 saturated carbocycles. The zero-order chi connectivity index (χ0) is 23.6. The standard InChI is InChI=1S/C32H33N/c1-6-22(2)30-26-16-9-10-17-27(26)31(25-18-11-14-23-13-7-8-15-24(23)25)29(21-33)28(30)19-12-20-32(3,4)5/h6-19,21,33H,20H2,1-5H3/b19-12-,22-6-,33-21?. The van der Waals surface area contributed by atoms with Crippen molar-refractivity contribution in [1.82, 2.24) is 0 Å². The van der Waals surface area contributed by atoms with Crippen LogP contribution in [0.1, 0.15) is 57.7 Å². The molecule has 4 rings (SSSR count). The van der Waals surface area contributed by atoms with Crippen molar-refractivity contribution in [2.24, 2.45) is 5.41 Å². The summed E-state index contributed by atoms with van der Waals surface area (Å²) in [4.78, 5) is 0. The van der Waals surface area contributed by atoms with Gasteiger partial charge in [0.1, 0.15) is 0 Å². The van der Waals surface area contributed by atoms with Gasteiger partial charge in [-0.2, -0.15) is 0 Å². The minimum absolute atomic E-state index is 0.215. The highest BCUT2D eigenvalue weighted by Gasteiger charge is 2.20. The molecule has 166 valence electrons. The number of benzene rings is 4. The van der Waals surface area contributed by atoms with E-state index < -0.39 is 0 Å². The number of allylic oxidation sites excluding steroid dienone is 3. The first-order chi connectivity index (χ1) is 15.9. The van der Waals surface area contributed by atoms with E-state index in [2.05, 4.69) is 120 Å². The Hall–Kier alpha value is -3.45. The maximum Gasteiger partial charge on any atom is 0.0263 e. The third kappa shape index (κ3) is 4.41. The van der Waals surface area contributed by atoms with E-state index in [0.29, 0.717) is 0 Å². The van der Waals surface area contributed by atoms with Crippen molar-refractivity contribution in [3.63, 3.8) is 0 Å². The molecular weight excluding hydrogens is 398 g/mol. The van der Waals surface area contributed by atoms with E-state index in [1.807, 2.05) is 0 Å². The van der Waals surface area contributed by atoms with Crippen molar-refractivity contribution in [3.05, 3.63) is 95.6 Å². The summed E-state index contributed by atoms with van der Waals surface area (Å²) < 4.78 is 0. The van der Waals surface area contributed by atoms with Gasteiger partial charge in [-0.15, -0.1) is 0 Å². The zero-order valence-corrected chi connectivity index (χ0v) is 20.4. The molecular formula is C32H33N. The molecule has 4 aromatic carbocycles. The third-order valence-corrected chi connectivity index (χ3v) is 6.34. The van der Waals surface area contributed by atoms with Crippen LogP contribution in [0.25, 0.3) is 44.3 Å². The van der Waals surface area contributed by atoms with Crippen molar-refractivity contribution < 1.29 is 0 Å². The number of nitrogens with one attached hydrogen (secondary N) is 1. The fraction of sp³-hybridized carbons (Fsp3) is 0.219. The Morgan fingerprint density at radius 2 is 1.45 bits per heavy atom. The van der Waals surface area contributed by atoms with Crippen LogP contribution in [0, 0.1) is 10.8 Å². The van der Waals surface area contributed by atoms with Gasteiger partial charge in [-0.25, -0.2) is 0 Å². The highest BCUT2D eigenvalue weighted by molar-refractivity contribution is 6.15. The van der Waals surface area contributed by atoms with Crippen LogP contribution in [-0.2, 0) is 0 Å². The number of hydrogen-bond donors (Lipinski definition) is 1. The highest BCUT2D eigenvalue weighted by Crippen LogP contribution is 2.42. The lowest BCUT2D eigenvalue weighted by Gasteiger charge is -2.21. The Balaban J connectivity index is 2.17. The molecule has 0 heterocycles. The molecule has 4 aromatic rings. The molecule has 0 aliphatic heterocycles. The molecule has 0 aliphatic carbocycles. The van der Waals surface area contributed by atoms with Gasteiger partial charge in [0.25, 0.3) is 0 Å². The predicted octanol–water partition coefficient (Wildman–Crippen LogP) is 9.53. The fourth-order valence-electron chi connectivity index (χ4n) is 4.63. The van der Waals surface area contributed by atoms with Gasteiger partial charge in [-0.1, -0.05) is 106 Å². The highest BCUT2D eigenvalue weighted by atomic mass is 14.3. The first kappa shape index (κ1) is 22.7. The predicted molar refractivity (Wildman–Crippen MR) is 147 cm³/mol. The average molecular weight is 432 g/mol. The molecule has 0 aromatic heterocycles. The van der Waals surface area contributed by atoms with Gasteiger partial charge in [-0.05, 0) is 75.1 Å². The van der Waals surface area contributed by atoms with Crippen molar-refractivity contribution >= 4 is 39.4 Å². The quantitative estimate of drug-likeness (QED) is 0.304. The lowest BCUT2D eigenvalue weighted by Crippen LogP contribution is -2.03. The average Bonchev–Trinajstić information content (AvgIpc) is 2.81. The molecule has 1 heteroatoms. The lowest BCUT2D eigenvalue weighted by molar-refractivity contribution is 0.421. The smallest absolute Gasteiger partial charge is 0.0263 e. The zero-order valence-electron chi connectivity index (χ0n) is 20.4. The molecule has 33 heavy (non-hydrogen) atoms. The van der Waals surface area contributed by atoms with E-state index in [-0.39, 0.29) is 5.41 Å². The van der Waals surface area contributed by atoms with Gasteiger partial charge in [0, 0.05) is 11.8 Å². The van der Waals surface area contributed by atoms with Gasteiger partial charge in [0.15, 0.2) is 0 Å².